The van der Waals surface area contributed by atoms with E-state index in [2.05, 4.69) is 20.5 Å². The first-order chi connectivity index (χ1) is 15.6. The lowest BCUT2D eigenvalue weighted by Crippen LogP contribution is -2.36. The second-order valence-corrected chi connectivity index (χ2v) is 8.54. The lowest BCUT2D eigenvalue weighted by Gasteiger charge is -2.29. The van der Waals surface area contributed by atoms with Gasteiger partial charge in [0.05, 0.1) is 30.7 Å². The van der Waals surface area contributed by atoms with Crippen molar-refractivity contribution in [1.29, 1.82) is 0 Å². The summed E-state index contributed by atoms with van der Waals surface area (Å²) in [6.07, 6.45) is 0. The summed E-state index contributed by atoms with van der Waals surface area (Å²) in [5.74, 6) is 0.111. The number of morpholine rings is 1. The third kappa shape index (κ3) is 4.95. The first kappa shape index (κ1) is 22.3. The minimum atomic E-state index is -0.290. The van der Waals surface area contributed by atoms with Crippen LogP contribution in [0, 0.1) is 0 Å². The molecule has 4 rings (SSSR count). The molecule has 3 aromatic rings. The van der Waals surface area contributed by atoms with Crippen molar-refractivity contribution in [3.8, 4) is 5.75 Å². The van der Waals surface area contributed by atoms with Crippen LogP contribution in [-0.4, -0.2) is 63.3 Å². The highest BCUT2D eigenvalue weighted by atomic mass is 35.5. The van der Waals surface area contributed by atoms with Gasteiger partial charge in [0.2, 0.25) is 0 Å². The van der Waals surface area contributed by atoms with Crippen LogP contribution in [0.25, 0.3) is 10.2 Å². The Hall–Kier alpha value is -2.88. The predicted molar refractivity (Wildman–Crippen MR) is 125 cm³/mol. The average Bonchev–Trinajstić information content (AvgIpc) is 3.27. The van der Waals surface area contributed by atoms with Gasteiger partial charge in [-0.3, -0.25) is 9.59 Å². The van der Waals surface area contributed by atoms with Gasteiger partial charge in [0.15, 0.2) is 5.01 Å². The molecule has 0 saturated carbocycles. The summed E-state index contributed by atoms with van der Waals surface area (Å²) in [4.78, 5) is 31.6. The Kier molecular flexibility index (Phi) is 7.09. The largest absolute Gasteiger partial charge is 0.494 e. The summed E-state index contributed by atoms with van der Waals surface area (Å²) in [5.41, 5.74) is 2.20. The van der Waals surface area contributed by atoms with Gasteiger partial charge in [-0.2, -0.15) is 0 Å². The molecule has 168 valence electrons. The summed E-state index contributed by atoms with van der Waals surface area (Å²) >= 11 is 7.17. The van der Waals surface area contributed by atoms with Crippen molar-refractivity contribution in [2.24, 2.45) is 0 Å². The van der Waals surface area contributed by atoms with Gasteiger partial charge in [-0.15, -0.1) is 11.3 Å². The van der Waals surface area contributed by atoms with Crippen molar-refractivity contribution in [3.05, 3.63) is 52.0 Å². The normalized spacial score (nSPS) is 13.8. The van der Waals surface area contributed by atoms with Gasteiger partial charge in [0, 0.05) is 36.8 Å². The molecule has 1 aromatic heterocycles. The van der Waals surface area contributed by atoms with Gasteiger partial charge in [-0.1, -0.05) is 11.6 Å². The van der Waals surface area contributed by atoms with E-state index in [1.807, 2.05) is 12.1 Å². The van der Waals surface area contributed by atoms with Crippen molar-refractivity contribution >= 4 is 50.7 Å². The second kappa shape index (κ2) is 10.2. The highest BCUT2D eigenvalue weighted by Crippen LogP contribution is 2.37. The Morgan fingerprint density at radius 2 is 1.78 bits per heavy atom. The van der Waals surface area contributed by atoms with Crippen LogP contribution >= 0.6 is 22.9 Å². The highest BCUT2D eigenvalue weighted by Gasteiger charge is 2.21. The predicted octanol–water partition coefficient (Wildman–Crippen LogP) is 2.95. The van der Waals surface area contributed by atoms with Crippen molar-refractivity contribution < 1.29 is 19.1 Å². The van der Waals surface area contributed by atoms with Gasteiger partial charge in [0.1, 0.15) is 11.3 Å². The molecule has 8 nitrogen and oxygen atoms in total. The Morgan fingerprint density at radius 3 is 2.47 bits per heavy atom. The van der Waals surface area contributed by atoms with Crippen molar-refractivity contribution in [3.63, 3.8) is 0 Å². The molecule has 0 atom stereocenters. The molecular weight excluding hydrogens is 452 g/mol. The topological polar surface area (TPSA) is 92.8 Å². The number of carbonyl (C=O) groups excluding carboxylic acids is 2. The Bertz CT molecular complexity index is 1110. The zero-order valence-electron chi connectivity index (χ0n) is 17.5. The molecule has 1 aliphatic rings. The molecule has 0 radical (unpaired) electrons. The number of hydrogen-bond donors (Lipinski definition) is 2. The minimum Gasteiger partial charge on any atom is -0.494 e. The van der Waals surface area contributed by atoms with Crippen LogP contribution in [0.2, 0.25) is 5.02 Å². The fourth-order valence-electron chi connectivity index (χ4n) is 3.42. The van der Waals surface area contributed by atoms with Gasteiger partial charge in [-0.05, 0) is 36.4 Å². The van der Waals surface area contributed by atoms with Gasteiger partial charge < -0.3 is 25.0 Å². The van der Waals surface area contributed by atoms with E-state index in [1.165, 1.54) is 11.3 Å². The molecule has 2 heterocycles. The zero-order valence-corrected chi connectivity index (χ0v) is 19.1. The molecule has 10 heteroatoms. The number of benzene rings is 2. The monoisotopic (exact) mass is 474 g/mol. The smallest absolute Gasteiger partial charge is 0.280 e. The first-order valence-corrected chi connectivity index (χ1v) is 11.4. The van der Waals surface area contributed by atoms with Crippen molar-refractivity contribution in [2.75, 3.05) is 51.4 Å². The molecule has 2 amide bonds. The third-order valence-corrected chi connectivity index (χ3v) is 6.38. The van der Waals surface area contributed by atoms with Crippen LogP contribution in [0.5, 0.6) is 5.75 Å². The molecule has 2 aromatic carbocycles. The maximum atomic E-state index is 12.7. The fraction of sp³-hybridized carbons (Fsp3) is 0.318. The van der Waals surface area contributed by atoms with E-state index in [-0.39, 0.29) is 18.4 Å². The summed E-state index contributed by atoms with van der Waals surface area (Å²) in [7, 11) is 1.59. The number of hydrogen-bond acceptors (Lipinski definition) is 7. The lowest BCUT2D eigenvalue weighted by molar-refractivity contribution is 0.0927. The number of ether oxygens (including phenoxy) is 2. The maximum Gasteiger partial charge on any atom is 0.280 e. The van der Waals surface area contributed by atoms with Gasteiger partial charge in [0.25, 0.3) is 11.8 Å². The van der Waals surface area contributed by atoms with Crippen LogP contribution < -0.4 is 20.3 Å². The summed E-state index contributed by atoms with van der Waals surface area (Å²) in [6, 6.07) is 10.5. The molecule has 2 N–H and O–H groups in total. The standard InChI is InChI=1S/C22H23ClN4O4S/c1-30-17-7-6-16(27-10-12-31-13-11-27)19-18(17)26-22(32-19)21(29)25-9-8-24-20(28)14-2-4-15(23)5-3-14/h2-7H,8-13H2,1H3,(H,24,28)(H,25,29). The second-order valence-electron chi connectivity index (χ2n) is 7.10. The molecule has 1 fully saturated rings. The summed E-state index contributed by atoms with van der Waals surface area (Å²) in [6.45, 7) is 3.48. The quantitative estimate of drug-likeness (QED) is 0.511. The maximum absolute atomic E-state index is 12.7. The minimum absolute atomic E-state index is 0.226. The number of methoxy groups -OCH3 is 1. The molecule has 0 unspecified atom stereocenters. The van der Waals surface area contributed by atoms with E-state index in [0.29, 0.717) is 46.6 Å². The molecule has 0 bridgehead atoms. The van der Waals surface area contributed by atoms with Crippen LogP contribution in [0.1, 0.15) is 20.2 Å². The lowest BCUT2D eigenvalue weighted by atomic mass is 10.2. The van der Waals surface area contributed by atoms with Crippen LogP contribution in [-0.2, 0) is 4.74 Å². The van der Waals surface area contributed by atoms with E-state index in [9.17, 15) is 9.59 Å². The average molecular weight is 475 g/mol. The van der Waals surface area contributed by atoms with E-state index in [1.54, 1.807) is 31.4 Å². The molecular formula is C22H23ClN4O4S. The molecule has 0 aliphatic carbocycles. The first-order valence-electron chi connectivity index (χ1n) is 10.2. The highest BCUT2D eigenvalue weighted by molar-refractivity contribution is 7.21. The Labute approximate surface area is 194 Å². The van der Waals surface area contributed by atoms with Crippen LogP contribution in [0.3, 0.4) is 0 Å². The number of amides is 2. The van der Waals surface area contributed by atoms with E-state index in [4.69, 9.17) is 21.1 Å². The number of carbonyl (C=O) groups is 2. The Morgan fingerprint density at radius 1 is 1.09 bits per heavy atom. The zero-order chi connectivity index (χ0) is 22.5. The number of anilines is 1. The number of fused-ring (bicyclic) bond motifs is 1. The van der Waals surface area contributed by atoms with Crippen molar-refractivity contribution in [2.45, 2.75) is 0 Å². The van der Waals surface area contributed by atoms with E-state index < -0.39 is 0 Å². The number of aromatic nitrogens is 1. The number of nitrogens with one attached hydrogen (secondary N) is 2. The molecule has 1 saturated heterocycles. The van der Waals surface area contributed by atoms with Gasteiger partial charge >= 0.3 is 0 Å². The number of nitrogens with zero attached hydrogens (tertiary/aromatic N) is 2. The number of halogens is 1. The third-order valence-electron chi connectivity index (χ3n) is 5.05. The summed E-state index contributed by atoms with van der Waals surface area (Å²) in [5, 5.41) is 6.50. The fourth-order valence-corrected chi connectivity index (χ4v) is 4.58. The summed E-state index contributed by atoms with van der Waals surface area (Å²) < 4.78 is 11.8. The van der Waals surface area contributed by atoms with E-state index >= 15 is 0 Å². The molecule has 1 aliphatic heterocycles. The van der Waals surface area contributed by atoms with Crippen LogP contribution in [0.15, 0.2) is 36.4 Å². The number of rotatable bonds is 7. The SMILES string of the molecule is COc1ccc(N2CCOCC2)c2sc(C(=O)NCCNC(=O)c3ccc(Cl)cc3)nc12. The van der Waals surface area contributed by atoms with Gasteiger partial charge in [-0.25, -0.2) is 4.98 Å². The Balaban J connectivity index is 1.40. The van der Waals surface area contributed by atoms with Crippen LogP contribution in [0.4, 0.5) is 5.69 Å². The molecule has 32 heavy (non-hydrogen) atoms. The molecule has 0 spiro atoms. The number of thiazole rings is 1. The van der Waals surface area contributed by atoms with Crippen molar-refractivity contribution in [1.82, 2.24) is 15.6 Å². The van der Waals surface area contributed by atoms with E-state index in [0.717, 1.165) is 23.5 Å².